The molecule has 3 rings (SSSR count). The topological polar surface area (TPSA) is 40.5 Å². The van der Waals surface area contributed by atoms with Crippen molar-refractivity contribution in [3.05, 3.63) is 23.8 Å². The average Bonchev–Trinajstić information content (AvgIpc) is 2.83. The molecule has 0 aliphatic heterocycles. The fraction of sp³-hybridized carbons (Fsp3) is 0.538. The molecule has 2 nitrogen and oxygen atoms in total. The highest BCUT2D eigenvalue weighted by Crippen LogP contribution is 2.54. The third kappa shape index (κ3) is 1.39. The van der Waals surface area contributed by atoms with E-state index in [9.17, 15) is 10.2 Å². The normalized spacial score (nSPS) is 33.5. The number of rotatable bonds is 1. The zero-order valence-electron chi connectivity index (χ0n) is 8.69. The summed E-state index contributed by atoms with van der Waals surface area (Å²) < 4.78 is 0. The Morgan fingerprint density at radius 1 is 1.07 bits per heavy atom. The maximum absolute atomic E-state index is 9.81. The molecular weight excluding hydrogens is 188 g/mol. The van der Waals surface area contributed by atoms with Crippen LogP contribution in [0.5, 0.6) is 11.5 Å². The highest BCUT2D eigenvalue weighted by Gasteiger charge is 2.41. The van der Waals surface area contributed by atoms with Crippen LogP contribution in [-0.4, -0.2) is 10.2 Å². The minimum atomic E-state index is 0.269. The van der Waals surface area contributed by atoms with E-state index in [-0.39, 0.29) is 5.75 Å². The second kappa shape index (κ2) is 3.16. The summed E-state index contributed by atoms with van der Waals surface area (Å²) in [5.41, 5.74) is 0.960. The summed E-state index contributed by atoms with van der Waals surface area (Å²) in [5, 5.41) is 19.3. The molecule has 2 bridgehead atoms. The summed E-state index contributed by atoms with van der Waals surface area (Å²) >= 11 is 0. The van der Waals surface area contributed by atoms with E-state index in [1.807, 2.05) is 0 Å². The van der Waals surface area contributed by atoms with E-state index in [1.54, 1.807) is 18.2 Å². The largest absolute Gasteiger partial charge is 0.508 e. The van der Waals surface area contributed by atoms with Gasteiger partial charge in [-0.1, -0.05) is 6.42 Å². The zero-order valence-corrected chi connectivity index (χ0v) is 8.69. The van der Waals surface area contributed by atoms with Gasteiger partial charge >= 0.3 is 0 Å². The van der Waals surface area contributed by atoms with Gasteiger partial charge in [-0.15, -0.1) is 0 Å². The summed E-state index contributed by atoms with van der Waals surface area (Å²) in [6, 6.07) is 4.89. The number of aromatic hydroxyl groups is 2. The van der Waals surface area contributed by atoms with Crippen molar-refractivity contribution in [3.63, 3.8) is 0 Å². The minimum Gasteiger partial charge on any atom is -0.508 e. The first-order valence-corrected chi connectivity index (χ1v) is 5.76. The van der Waals surface area contributed by atoms with Gasteiger partial charge in [0.1, 0.15) is 11.5 Å². The Morgan fingerprint density at radius 2 is 1.93 bits per heavy atom. The van der Waals surface area contributed by atoms with E-state index in [1.165, 1.54) is 25.7 Å². The van der Waals surface area contributed by atoms with Gasteiger partial charge in [0.25, 0.3) is 0 Å². The van der Waals surface area contributed by atoms with E-state index < -0.39 is 0 Å². The van der Waals surface area contributed by atoms with Gasteiger partial charge in [-0.25, -0.2) is 0 Å². The van der Waals surface area contributed by atoms with Gasteiger partial charge < -0.3 is 10.2 Å². The third-order valence-electron chi connectivity index (χ3n) is 4.15. The first-order chi connectivity index (χ1) is 7.24. The van der Waals surface area contributed by atoms with Gasteiger partial charge in [-0.3, -0.25) is 0 Å². The molecule has 0 aromatic heterocycles. The van der Waals surface area contributed by atoms with Crippen molar-refractivity contribution in [2.45, 2.75) is 31.6 Å². The van der Waals surface area contributed by atoms with Crippen LogP contribution in [0.3, 0.4) is 0 Å². The summed E-state index contributed by atoms with van der Waals surface area (Å²) in [4.78, 5) is 0. The molecule has 0 saturated heterocycles. The monoisotopic (exact) mass is 204 g/mol. The Labute approximate surface area is 89.6 Å². The first kappa shape index (κ1) is 9.08. The highest BCUT2D eigenvalue weighted by atomic mass is 16.3. The van der Waals surface area contributed by atoms with Crippen LogP contribution >= 0.6 is 0 Å². The SMILES string of the molecule is Oc1ccc(O)c([C@@H]2C[C@H]3CC[C@H]2C3)c1. The molecule has 0 spiro atoms. The Morgan fingerprint density at radius 3 is 2.60 bits per heavy atom. The van der Waals surface area contributed by atoms with Gasteiger partial charge in [-0.05, 0) is 55.2 Å². The van der Waals surface area contributed by atoms with Crippen LogP contribution in [-0.2, 0) is 0 Å². The van der Waals surface area contributed by atoms with Gasteiger partial charge in [0.2, 0.25) is 0 Å². The molecule has 1 aromatic carbocycles. The lowest BCUT2D eigenvalue weighted by Crippen LogP contribution is -2.08. The number of hydrogen-bond donors (Lipinski definition) is 2. The van der Waals surface area contributed by atoms with Crippen molar-refractivity contribution in [2.75, 3.05) is 0 Å². The molecule has 15 heavy (non-hydrogen) atoms. The molecule has 0 heterocycles. The lowest BCUT2D eigenvalue weighted by atomic mass is 9.83. The second-order valence-electron chi connectivity index (χ2n) is 5.02. The summed E-state index contributed by atoms with van der Waals surface area (Å²) in [7, 11) is 0. The predicted molar refractivity (Wildman–Crippen MR) is 58.0 cm³/mol. The second-order valence-corrected chi connectivity index (χ2v) is 5.02. The number of phenolic OH excluding ortho intramolecular Hbond substituents is 2. The third-order valence-corrected chi connectivity index (χ3v) is 4.15. The van der Waals surface area contributed by atoms with E-state index in [2.05, 4.69) is 0 Å². The molecule has 2 aliphatic carbocycles. The maximum atomic E-state index is 9.81. The standard InChI is InChI=1S/C13H16O2/c14-10-3-4-13(15)12(7-10)11-6-8-1-2-9(11)5-8/h3-4,7-9,11,14-15H,1-2,5-6H2/t8-,9-,11+/m0/s1. The Balaban J connectivity index is 1.96. The summed E-state index contributed by atoms with van der Waals surface area (Å²) in [5.74, 6) is 2.70. The molecule has 0 radical (unpaired) electrons. The van der Waals surface area contributed by atoms with Crippen LogP contribution in [0, 0.1) is 11.8 Å². The Hall–Kier alpha value is -1.18. The van der Waals surface area contributed by atoms with Crippen molar-refractivity contribution in [2.24, 2.45) is 11.8 Å². The Kier molecular flexibility index (Phi) is 1.91. The maximum Gasteiger partial charge on any atom is 0.119 e. The smallest absolute Gasteiger partial charge is 0.119 e. The van der Waals surface area contributed by atoms with Crippen molar-refractivity contribution < 1.29 is 10.2 Å². The first-order valence-electron chi connectivity index (χ1n) is 5.76. The van der Waals surface area contributed by atoms with Crippen LogP contribution in [0.2, 0.25) is 0 Å². The lowest BCUT2D eigenvalue weighted by molar-refractivity contribution is 0.393. The van der Waals surface area contributed by atoms with Crippen LogP contribution in [0.15, 0.2) is 18.2 Å². The number of hydrogen-bond acceptors (Lipinski definition) is 2. The van der Waals surface area contributed by atoms with Crippen LogP contribution in [0.1, 0.15) is 37.2 Å². The van der Waals surface area contributed by atoms with Crippen molar-refractivity contribution in [1.29, 1.82) is 0 Å². The molecule has 2 fully saturated rings. The van der Waals surface area contributed by atoms with Gasteiger partial charge in [0.05, 0.1) is 0 Å². The summed E-state index contributed by atoms with van der Waals surface area (Å²) in [6.07, 6.45) is 5.17. The molecule has 2 heteroatoms. The lowest BCUT2D eigenvalue weighted by Gasteiger charge is -2.22. The van der Waals surface area contributed by atoms with Gasteiger partial charge in [0, 0.05) is 5.56 Å². The molecule has 2 N–H and O–H groups in total. The minimum absolute atomic E-state index is 0.269. The van der Waals surface area contributed by atoms with Gasteiger partial charge in [0.15, 0.2) is 0 Å². The molecule has 2 saturated carbocycles. The Bertz CT molecular complexity index is 386. The van der Waals surface area contributed by atoms with Gasteiger partial charge in [-0.2, -0.15) is 0 Å². The quantitative estimate of drug-likeness (QED) is 0.690. The van der Waals surface area contributed by atoms with Crippen LogP contribution < -0.4 is 0 Å². The van der Waals surface area contributed by atoms with Crippen LogP contribution in [0.4, 0.5) is 0 Å². The molecular formula is C13H16O2. The molecule has 2 aliphatic rings. The fourth-order valence-corrected chi connectivity index (χ4v) is 3.46. The number of benzene rings is 1. The predicted octanol–water partition coefficient (Wildman–Crippen LogP) is 3.00. The molecule has 3 atom stereocenters. The summed E-state index contributed by atoms with van der Waals surface area (Å²) in [6.45, 7) is 0. The molecule has 0 amide bonds. The number of fused-ring (bicyclic) bond motifs is 2. The van der Waals surface area contributed by atoms with Crippen molar-refractivity contribution in [1.82, 2.24) is 0 Å². The van der Waals surface area contributed by atoms with E-state index in [0.29, 0.717) is 11.7 Å². The van der Waals surface area contributed by atoms with E-state index >= 15 is 0 Å². The van der Waals surface area contributed by atoms with E-state index in [4.69, 9.17) is 0 Å². The van der Waals surface area contributed by atoms with E-state index in [0.717, 1.165) is 17.4 Å². The van der Waals surface area contributed by atoms with Crippen molar-refractivity contribution >= 4 is 0 Å². The highest BCUT2D eigenvalue weighted by molar-refractivity contribution is 5.42. The molecule has 80 valence electrons. The number of phenols is 2. The molecule has 0 unspecified atom stereocenters. The fourth-order valence-electron chi connectivity index (χ4n) is 3.46. The zero-order chi connectivity index (χ0) is 10.4. The molecule has 1 aromatic rings. The van der Waals surface area contributed by atoms with Crippen LogP contribution in [0.25, 0.3) is 0 Å². The average molecular weight is 204 g/mol. The van der Waals surface area contributed by atoms with Crippen molar-refractivity contribution in [3.8, 4) is 11.5 Å².